The topological polar surface area (TPSA) is 17.1 Å². The summed E-state index contributed by atoms with van der Waals surface area (Å²) in [5, 5.41) is 0. The second kappa shape index (κ2) is 7.67. The van der Waals surface area contributed by atoms with Gasteiger partial charge in [-0.25, -0.2) is 0 Å². The standard InChI is InChI=1S/C8H16O/c1-2-3-4-5-6-7-8-9/h8H,2-7H2,1H3/i8-1. The average molecular weight is 127 g/mol. The number of unbranched alkanes of at least 4 members (excludes halogenated alkanes) is 5. The van der Waals surface area contributed by atoms with Crippen molar-refractivity contribution >= 4 is 6.29 Å². The van der Waals surface area contributed by atoms with Gasteiger partial charge in [-0.2, -0.15) is 0 Å². The molecule has 54 valence electrons. The zero-order valence-electron chi connectivity index (χ0n) is 6.23. The summed E-state index contributed by atoms with van der Waals surface area (Å²) in [6, 6.07) is 0. The first-order chi connectivity index (χ1) is 4.41. The Hall–Kier alpha value is -0.330. The number of hydrogen-bond acceptors (Lipinski definition) is 1. The van der Waals surface area contributed by atoms with Gasteiger partial charge in [0.1, 0.15) is 6.29 Å². The average Bonchev–Trinajstić information content (AvgIpc) is 1.89. The van der Waals surface area contributed by atoms with Crippen molar-refractivity contribution in [2.24, 2.45) is 0 Å². The van der Waals surface area contributed by atoms with E-state index < -0.39 is 0 Å². The summed E-state index contributed by atoms with van der Waals surface area (Å²) in [6.45, 7) is 2.19. The van der Waals surface area contributed by atoms with Crippen molar-refractivity contribution in [3.63, 3.8) is 0 Å². The molecular formula is C8H16O. The van der Waals surface area contributed by atoms with Gasteiger partial charge in [-0.05, 0) is 6.42 Å². The molecule has 0 aromatic carbocycles. The van der Waals surface area contributed by atoms with E-state index in [0.717, 1.165) is 19.1 Å². The normalized spacial score (nSPS) is 9.44. The van der Waals surface area contributed by atoms with Crippen LogP contribution < -0.4 is 0 Å². The molecule has 0 heterocycles. The molecule has 0 atom stereocenters. The molecule has 9 heavy (non-hydrogen) atoms. The maximum atomic E-state index is 9.84. The lowest BCUT2D eigenvalue weighted by atomic mass is 10.0. The van der Waals surface area contributed by atoms with Gasteiger partial charge in [0.15, 0.2) is 0 Å². The van der Waals surface area contributed by atoms with Gasteiger partial charge in [0, 0.05) is 6.42 Å². The number of rotatable bonds is 6. The molecule has 0 amide bonds. The summed E-state index contributed by atoms with van der Waals surface area (Å²) in [4.78, 5) is 9.84. The lowest BCUT2D eigenvalue weighted by Gasteiger charge is -1.93. The zero-order valence-corrected chi connectivity index (χ0v) is 6.23. The van der Waals surface area contributed by atoms with Gasteiger partial charge in [0.2, 0.25) is 0 Å². The van der Waals surface area contributed by atoms with Crippen molar-refractivity contribution in [2.45, 2.75) is 45.4 Å². The Morgan fingerprint density at radius 3 is 2.33 bits per heavy atom. The van der Waals surface area contributed by atoms with Crippen LogP contribution >= 0.6 is 0 Å². The van der Waals surface area contributed by atoms with Crippen LogP contribution in [-0.2, 0) is 4.79 Å². The van der Waals surface area contributed by atoms with E-state index >= 15 is 0 Å². The van der Waals surface area contributed by atoms with Crippen molar-refractivity contribution in [3.8, 4) is 0 Å². The third-order valence-corrected chi connectivity index (χ3v) is 1.43. The van der Waals surface area contributed by atoms with Crippen LogP contribution in [0.25, 0.3) is 0 Å². The molecule has 0 saturated carbocycles. The fourth-order valence-electron chi connectivity index (χ4n) is 0.831. The van der Waals surface area contributed by atoms with Crippen molar-refractivity contribution in [3.05, 3.63) is 0 Å². The van der Waals surface area contributed by atoms with Gasteiger partial charge in [0.25, 0.3) is 0 Å². The molecule has 0 aromatic heterocycles. The zero-order chi connectivity index (χ0) is 6.95. The van der Waals surface area contributed by atoms with Gasteiger partial charge in [-0.3, -0.25) is 0 Å². The second-order valence-corrected chi connectivity index (χ2v) is 2.37. The molecule has 0 aliphatic heterocycles. The summed E-state index contributed by atoms with van der Waals surface area (Å²) in [5.41, 5.74) is 0. The third kappa shape index (κ3) is 7.67. The maximum Gasteiger partial charge on any atom is 0.119 e. The molecule has 0 aromatic rings. The Morgan fingerprint density at radius 1 is 1.11 bits per heavy atom. The van der Waals surface area contributed by atoms with Gasteiger partial charge in [-0.1, -0.05) is 32.6 Å². The lowest BCUT2D eigenvalue weighted by Crippen LogP contribution is -1.78. The van der Waals surface area contributed by atoms with E-state index in [0.29, 0.717) is 0 Å². The molecule has 0 N–H and O–H groups in total. The summed E-state index contributed by atoms with van der Waals surface area (Å²) in [6.07, 6.45) is 7.97. The Bertz CT molecular complexity index is 59.6. The van der Waals surface area contributed by atoms with Crippen molar-refractivity contribution in [2.75, 3.05) is 0 Å². The van der Waals surface area contributed by atoms with Crippen molar-refractivity contribution < 1.29 is 4.79 Å². The van der Waals surface area contributed by atoms with Crippen LogP contribution in [0.1, 0.15) is 45.4 Å². The molecule has 0 unspecified atom stereocenters. The van der Waals surface area contributed by atoms with Crippen molar-refractivity contribution in [1.29, 1.82) is 0 Å². The molecule has 0 aliphatic rings. The predicted octanol–water partition coefficient (Wildman–Crippen LogP) is 2.55. The van der Waals surface area contributed by atoms with E-state index in [-0.39, 0.29) is 0 Å². The van der Waals surface area contributed by atoms with E-state index in [9.17, 15) is 4.79 Å². The molecule has 0 radical (unpaired) electrons. The first kappa shape index (κ1) is 8.67. The molecule has 1 heteroatoms. The fraction of sp³-hybridized carbons (Fsp3) is 0.875. The first-order valence-electron chi connectivity index (χ1n) is 3.85. The van der Waals surface area contributed by atoms with E-state index in [4.69, 9.17) is 0 Å². The van der Waals surface area contributed by atoms with Gasteiger partial charge >= 0.3 is 0 Å². The molecule has 0 bridgehead atoms. The summed E-state index contributed by atoms with van der Waals surface area (Å²) in [5.74, 6) is 0. The first-order valence-corrected chi connectivity index (χ1v) is 3.85. The predicted molar refractivity (Wildman–Crippen MR) is 39.4 cm³/mol. The fourth-order valence-corrected chi connectivity index (χ4v) is 0.831. The van der Waals surface area contributed by atoms with Crippen LogP contribution in [-0.4, -0.2) is 6.29 Å². The molecule has 0 rings (SSSR count). The van der Waals surface area contributed by atoms with Gasteiger partial charge in [-0.15, -0.1) is 0 Å². The SMILES string of the molecule is CCCCCCC[11CH]=O. The van der Waals surface area contributed by atoms with Crippen molar-refractivity contribution in [1.82, 2.24) is 0 Å². The van der Waals surface area contributed by atoms with Crippen LogP contribution in [0.4, 0.5) is 0 Å². The molecule has 0 aliphatic carbocycles. The molecular weight excluding hydrogens is 111 g/mol. The molecule has 1 nitrogen and oxygen atoms in total. The molecule has 0 fully saturated rings. The Kier molecular flexibility index (Phi) is 7.39. The number of hydrogen-bond donors (Lipinski definition) is 0. The molecule has 0 spiro atoms. The highest BCUT2D eigenvalue weighted by Gasteiger charge is 1.85. The van der Waals surface area contributed by atoms with E-state index in [1.807, 2.05) is 0 Å². The van der Waals surface area contributed by atoms with Gasteiger partial charge in [0.05, 0.1) is 0 Å². The van der Waals surface area contributed by atoms with Gasteiger partial charge < -0.3 is 4.79 Å². The monoisotopic (exact) mass is 127 g/mol. The number of aldehydes is 1. The van der Waals surface area contributed by atoms with Crippen LogP contribution in [0.2, 0.25) is 0 Å². The largest absolute Gasteiger partial charge is 0.303 e. The summed E-state index contributed by atoms with van der Waals surface area (Å²) >= 11 is 0. The maximum absolute atomic E-state index is 9.84. The molecule has 0 saturated heterocycles. The highest BCUT2D eigenvalue weighted by molar-refractivity contribution is 5.48. The van der Waals surface area contributed by atoms with E-state index in [1.165, 1.54) is 25.7 Å². The Labute approximate surface area is 57.5 Å². The number of carbonyl (C=O) groups excluding carboxylic acids is 1. The highest BCUT2D eigenvalue weighted by Crippen LogP contribution is 2.02. The quantitative estimate of drug-likeness (QED) is 0.396. The van der Waals surface area contributed by atoms with Crippen LogP contribution in [0.15, 0.2) is 0 Å². The lowest BCUT2D eigenvalue weighted by molar-refractivity contribution is -0.107. The second-order valence-electron chi connectivity index (χ2n) is 2.37. The highest BCUT2D eigenvalue weighted by atomic mass is 16.1. The smallest absolute Gasteiger partial charge is 0.119 e. The van der Waals surface area contributed by atoms with Crippen LogP contribution in [0.5, 0.6) is 0 Å². The third-order valence-electron chi connectivity index (χ3n) is 1.43. The van der Waals surface area contributed by atoms with Crippen LogP contribution in [0, 0.1) is 0 Å². The number of carbonyl (C=O) groups is 1. The minimum atomic E-state index is 0.754. The Morgan fingerprint density at radius 2 is 1.78 bits per heavy atom. The minimum Gasteiger partial charge on any atom is -0.303 e. The summed E-state index contributed by atoms with van der Waals surface area (Å²) in [7, 11) is 0. The van der Waals surface area contributed by atoms with E-state index in [2.05, 4.69) is 6.92 Å². The van der Waals surface area contributed by atoms with E-state index in [1.54, 1.807) is 0 Å². The summed E-state index contributed by atoms with van der Waals surface area (Å²) < 4.78 is 0. The minimum absolute atomic E-state index is 0.754. The Balaban J connectivity index is 2.66. The van der Waals surface area contributed by atoms with Crippen LogP contribution in [0.3, 0.4) is 0 Å².